The maximum Gasteiger partial charge on any atom is 0.185 e. The Bertz CT molecular complexity index is 685. The van der Waals surface area contributed by atoms with E-state index < -0.39 is 0 Å². The quantitative estimate of drug-likeness (QED) is 0.626. The Morgan fingerprint density at radius 1 is 1.18 bits per heavy atom. The number of carbonyl (C=O) groups is 1. The van der Waals surface area contributed by atoms with E-state index in [0.29, 0.717) is 12.0 Å². The van der Waals surface area contributed by atoms with E-state index in [1.807, 2.05) is 30.3 Å². The lowest BCUT2D eigenvalue weighted by molar-refractivity contribution is 0.110. The van der Waals surface area contributed by atoms with Gasteiger partial charge in [0, 0.05) is 22.7 Å². The van der Waals surface area contributed by atoms with Crippen molar-refractivity contribution in [3.05, 3.63) is 54.6 Å². The van der Waals surface area contributed by atoms with Gasteiger partial charge in [-0.05, 0) is 18.2 Å². The monoisotopic (exact) mass is 223 g/mol. The molecule has 3 nitrogen and oxygen atoms in total. The summed E-state index contributed by atoms with van der Waals surface area (Å²) in [6.45, 7) is 0. The van der Waals surface area contributed by atoms with Gasteiger partial charge in [-0.3, -0.25) is 9.78 Å². The van der Waals surface area contributed by atoms with Crippen molar-refractivity contribution < 1.29 is 9.21 Å². The molecule has 0 saturated carbocycles. The van der Waals surface area contributed by atoms with E-state index in [2.05, 4.69) is 4.98 Å². The van der Waals surface area contributed by atoms with Crippen molar-refractivity contribution in [2.24, 2.45) is 0 Å². The number of para-hydroxylation sites is 1. The van der Waals surface area contributed by atoms with E-state index >= 15 is 0 Å². The molecule has 0 amide bonds. The van der Waals surface area contributed by atoms with Crippen molar-refractivity contribution in [3.63, 3.8) is 0 Å². The van der Waals surface area contributed by atoms with Crippen molar-refractivity contribution in [2.45, 2.75) is 0 Å². The smallest absolute Gasteiger partial charge is 0.185 e. The maximum atomic E-state index is 10.8. The molecule has 1 aromatic carbocycles. The van der Waals surface area contributed by atoms with E-state index in [1.165, 1.54) is 6.26 Å². The van der Waals surface area contributed by atoms with E-state index in [-0.39, 0.29) is 0 Å². The molecule has 82 valence electrons. The zero-order valence-corrected chi connectivity index (χ0v) is 8.96. The summed E-state index contributed by atoms with van der Waals surface area (Å²) in [5.41, 5.74) is 2.60. The normalized spacial score (nSPS) is 10.6. The minimum absolute atomic E-state index is 0.335. The van der Waals surface area contributed by atoms with Crippen LogP contribution < -0.4 is 0 Å². The van der Waals surface area contributed by atoms with E-state index in [9.17, 15) is 4.79 Å². The van der Waals surface area contributed by atoms with Crippen molar-refractivity contribution in [1.29, 1.82) is 0 Å². The molecule has 2 aromatic heterocycles. The second-order valence-electron chi connectivity index (χ2n) is 3.73. The molecule has 3 rings (SSSR count). The lowest BCUT2D eigenvalue weighted by Gasteiger charge is -2.01. The summed E-state index contributed by atoms with van der Waals surface area (Å²) < 4.78 is 5.08. The van der Waals surface area contributed by atoms with Gasteiger partial charge in [-0.1, -0.05) is 18.2 Å². The molecule has 0 spiro atoms. The summed E-state index contributed by atoms with van der Waals surface area (Å²) in [6, 6.07) is 11.6. The number of hydrogen-bond acceptors (Lipinski definition) is 3. The lowest BCUT2D eigenvalue weighted by atomic mass is 10.1. The van der Waals surface area contributed by atoms with Crippen molar-refractivity contribution in [3.8, 4) is 11.1 Å². The number of rotatable bonds is 2. The van der Waals surface area contributed by atoms with Gasteiger partial charge in [0.2, 0.25) is 0 Å². The molecule has 2 heterocycles. The Morgan fingerprint density at radius 2 is 2.06 bits per heavy atom. The Labute approximate surface area is 97.7 Å². The Morgan fingerprint density at radius 3 is 2.94 bits per heavy atom. The van der Waals surface area contributed by atoms with Gasteiger partial charge in [0.05, 0.1) is 11.8 Å². The van der Waals surface area contributed by atoms with Crippen LogP contribution in [0.2, 0.25) is 0 Å². The Hall–Kier alpha value is -2.42. The average molecular weight is 223 g/mol. The number of aldehydes is 1. The minimum Gasteiger partial charge on any atom is -0.461 e. The number of benzene rings is 1. The third-order valence-electron chi connectivity index (χ3n) is 2.70. The summed E-state index contributed by atoms with van der Waals surface area (Å²) in [5, 5.41) is 1.04. The van der Waals surface area contributed by atoms with Gasteiger partial charge in [-0.15, -0.1) is 0 Å². The van der Waals surface area contributed by atoms with Crippen LogP contribution in [0.15, 0.2) is 53.3 Å². The molecule has 0 atom stereocenters. The van der Waals surface area contributed by atoms with Gasteiger partial charge < -0.3 is 4.42 Å². The van der Waals surface area contributed by atoms with Crippen LogP contribution in [0, 0.1) is 0 Å². The van der Waals surface area contributed by atoms with Crippen LogP contribution in [0.3, 0.4) is 0 Å². The molecule has 0 radical (unpaired) electrons. The van der Waals surface area contributed by atoms with Crippen LogP contribution in [0.25, 0.3) is 22.0 Å². The van der Waals surface area contributed by atoms with Crippen molar-refractivity contribution in [1.82, 2.24) is 4.98 Å². The number of carbonyl (C=O) groups excluding carboxylic acids is 1. The topological polar surface area (TPSA) is 43.1 Å². The molecule has 0 saturated heterocycles. The third-order valence-corrected chi connectivity index (χ3v) is 2.70. The molecule has 0 N–H and O–H groups in total. The number of pyridine rings is 1. The van der Waals surface area contributed by atoms with Crippen LogP contribution in [-0.2, 0) is 0 Å². The van der Waals surface area contributed by atoms with Crippen LogP contribution in [0.1, 0.15) is 10.6 Å². The second kappa shape index (κ2) is 3.87. The number of hydrogen-bond donors (Lipinski definition) is 0. The number of fused-ring (bicyclic) bond motifs is 1. The number of furan rings is 1. The van der Waals surface area contributed by atoms with Gasteiger partial charge in [-0.25, -0.2) is 0 Å². The highest BCUT2D eigenvalue weighted by Crippen LogP contribution is 2.25. The molecule has 0 aliphatic carbocycles. The van der Waals surface area contributed by atoms with Crippen molar-refractivity contribution >= 4 is 17.2 Å². The number of aromatic nitrogens is 1. The molecule has 17 heavy (non-hydrogen) atoms. The Kier molecular flexibility index (Phi) is 2.22. The molecule has 0 bridgehead atoms. The molecule has 3 aromatic rings. The highest BCUT2D eigenvalue weighted by atomic mass is 16.3. The summed E-state index contributed by atoms with van der Waals surface area (Å²) in [5.74, 6) is 0.335. The SMILES string of the molecule is O=Cc1occc1-c1cnc2ccccc2c1. The van der Waals surface area contributed by atoms with Crippen molar-refractivity contribution in [2.75, 3.05) is 0 Å². The predicted octanol–water partition coefficient (Wildman–Crippen LogP) is 3.31. The highest BCUT2D eigenvalue weighted by Gasteiger charge is 2.08. The van der Waals surface area contributed by atoms with Crippen LogP contribution >= 0.6 is 0 Å². The van der Waals surface area contributed by atoms with E-state index in [4.69, 9.17) is 4.42 Å². The fourth-order valence-corrected chi connectivity index (χ4v) is 1.87. The molecule has 0 unspecified atom stereocenters. The van der Waals surface area contributed by atoms with Gasteiger partial charge in [0.25, 0.3) is 0 Å². The van der Waals surface area contributed by atoms with Gasteiger partial charge in [-0.2, -0.15) is 0 Å². The molecule has 0 aliphatic heterocycles. The number of nitrogens with zero attached hydrogens (tertiary/aromatic N) is 1. The first kappa shape index (κ1) is 9.78. The van der Waals surface area contributed by atoms with E-state index in [0.717, 1.165) is 22.0 Å². The zero-order valence-electron chi connectivity index (χ0n) is 8.96. The first-order chi connectivity index (χ1) is 8.38. The fourth-order valence-electron chi connectivity index (χ4n) is 1.87. The lowest BCUT2D eigenvalue weighted by Crippen LogP contribution is -1.84. The molecule has 0 fully saturated rings. The first-order valence-corrected chi connectivity index (χ1v) is 5.26. The second-order valence-corrected chi connectivity index (χ2v) is 3.73. The molecular formula is C14H9NO2. The third kappa shape index (κ3) is 1.61. The van der Waals surface area contributed by atoms with Crippen LogP contribution in [-0.4, -0.2) is 11.3 Å². The van der Waals surface area contributed by atoms with E-state index in [1.54, 1.807) is 12.3 Å². The zero-order chi connectivity index (χ0) is 11.7. The summed E-state index contributed by atoms with van der Waals surface area (Å²) >= 11 is 0. The first-order valence-electron chi connectivity index (χ1n) is 5.26. The van der Waals surface area contributed by atoms with Gasteiger partial charge in [0.15, 0.2) is 12.0 Å². The maximum absolute atomic E-state index is 10.8. The predicted molar refractivity (Wildman–Crippen MR) is 64.8 cm³/mol. The summed E-state index contributed by atoms with van der Waals surface area (Å²) in [7, 11) is 0. The molecule has 0 aliphatic rings. The summed E-state index contributed by atoms with van der Waals surface area (Å²) in [6.07, 6.45) is 3.97. The minimum atomic E-state index is 0.335. The Balaban J connectivity index is 2.21. The average Bonchev–Trinajstić information content (AvgIpc) is 2.86. The van der Waals surface area contributed by atoms with Gasteiger partial charge >= 0.3 is 0 Å². The molecule has 3 heteroatoms. The van der Waals surface area contributed by atoms with Crippen LogP contribution in [0.4, 0.5) is 0 Å². The fraction of sp³-hybridized carbons (Fsp3) is 0. The standard InChI is InChI=1S/C14H9NO2/c16-9-14-12(5-6-17-14)11-7-10-3-1-2-4-13(10)15-8-11/h1-9H. The highest BCUT2D eigenvalue weighted by molar-refractivity contribution is 5.88. The largest absolute Gasteiger partial charge is 0.461 e. The van der Waals surface area contributed by atoms with Crippen LogP contribution in [0.5, 0.6) is 0 Å². The van der Waals surface area contributed by atoms with Gasteiger partial charge in [0.1, 0.15) is 0 Å². The molecular weight excluding hydrogens is 214 g/mol. The summed E-state index contributed by atoms with van der Waals surface area (Å²) in [4.78, 5) is 15.2.